The Labute approximate surface area is 184 Å². The number of hydrogen-bond donors (Lipinski definition) is 1. The molecule has 0 atom stereocenters. The van der Waals surface area contributed by atoms with Crippen LogP contribution in [-0.4, -0.2) is 41.2 Å². The Morgan fingerprint density at radius 1 is 1.03 bits per heavy atom. The first-order valence-electron chi connectivity index (χ1n) is 9.89. The fourth-order valence-corrected chi connectivity index (χ4v) is 5.32. The molecule has 1 heterocycles. The number of ether oxygens (including phenoxy) is 1. The summed E-state index contributed by atoms with van der Waals surface area (Å²) in [6, 6.07) is 3.25. The third-order valence-electron chi connectivity index (χ3n) is 5.94. The van der Waals surface area contributed by atoms with Gasteiger partial charge in [0.05, 0.1) is 10.0 Å². The number of aliphatic carboxylic acids is 1. The van der Waals surface area contributed by atoms with Crippen LogP contribution in [0.2, 0.25) is 10.0 Å². The van der Waals surface area contributed by atoms with Crippen molar-refractivity contribution in [1.29, 1.82) is 0 Å². The minimum atomic E-state index is -1.15. The van der Waals surface area contributed by atoms with E-state index in [1.54, 1.807) is 12.1 Å². The number of carbonyl (C=O) groups excluding carboxylic acids is 2. The van der Waals surface area contributed by atoms with E-state index >= 15 is 0 Å². The summed E-state index contributed by atoms with van der Waals surface area (Å²) >= 11 is 12.7. The second-order valence-electron chi connectivity index (χ2n) is 7.76. The van der Waals surface area contributed by atoms with E-state index in [4.69, 9.17) is 33.0 Å². The molecule has 0 unspecified atom stereocenters. The van der Waals surface area contributed by atoms with Gasteiger partial charge in [0.25, 0.3) is 0 Å². The van der Waals surface area contributed by atoms with E-state index in [2.05, 4.69) is 0 Å². The first-order chi connectivity index (χ1) is 14.3. The van der Waals surface area contributed by atoms with Crippen molar-refractivity contribution < 1.29 is 24.2 Å². The van der Waals surface area contributed by atoms with Crippen molar-refractivity contribution in [2.24, 2.45) is 0 Å². The SMILES string of the molecule is CN1C2=C(C(=O)CCC2)C(c2cc(Cl)c(OCC(=O)O)c(Cl)c2)C2=C1CCCC2=O. The second-order valence-corrected chi connectivity index (χ2v) is 8.58. The van der Waals surface area contributed by atoms with E-state index in [1.165, 1.54) is 0 Å². The molecule has 1 N–H and O–H groups in total. The van der Waals surface area contributed by atoms with Crippen molar-refractivity contribution in [3.8, 4) is 5.75 Å². The van der Waals surface area contributed by atoms with Gasteiger partial charge in [0.1, 0.15) is 0 Å². The molecule has 4 rings (SSSR count). The van der Waals surface area contributed by atoms with Gasteiger partial charge in [-0.1, -0.05) is 23.2 Å². The highest BCUT2D eigenvalue weighted by atomic mass is 35.5. The highest BCUT2D eigenvalue weighted by molar-refractivity contribution is 6.37. The molecule has 0 radical (unpaired) electrons. The molecule has 0 saturated heterocycles. The quantitative estimate of drug-likeness (QED) is 0.728. The molecule has 0 saturated carbocycles. The number of carbonyl (C=O) groups is 3. The summed E-state index contributed by atoms with van der Waals surface area (Å²) in [5, 5.41) is 9.15. The van der Waals surface area contributed by atoms with E-state index in [1.807, 2.05) is 11.9 Å². The van der Waals surface area contributed by atoms with E-state index in [0.29, 0.717) is 29.6 Å². The number of carboxylic acids is 1. The smallest absolute Gasteiger partial charge is 0.341 e. The first-order valence-corrected chi connectivity index (χ1v) is 10.6. The standard InChI is InChI=1S/C22H21Cl2NO5/c1-25-14-4-2-6-16(26)20(14)19(21-15(25)5-3-7-17(21)27)11-8-12(23)22(13(24)9-11)30-10-18(28)29/h8-9,19H,2-7,10H2,1H3,(H,28,29). The van der Waals surface area contributed by atoms with Crippen molar-refractivity contribution in [2.45, 2.75) is 44.4 Å². The number of allylic oxidation sites excluding steroid dienone is 4. The third-order valence-corrected chi connectivity index (χ3v) is 6.50. The summed E-state index contributed by atoms with van der Waals surface area (Å²) in [6.45, 7) is -0.575. The predicted molar refractivity (Wildman–Crippen MR) is 112 cm³/mol. The van der Waals surface area contributed by atoms with E-state index < -0.39 is 18.5 Å². The Hall–Kier alpha value is -2.31. The van der Waals surface area contributed by atoms with Gasteiger partial charge in [-0.2, -0.15) is 0 Å². The first kappa shape index (κ1) is 20.9. The molecule has 6 nitrogen and oxygen atoms in total. The van der Waals surface area contributed by atoms with E-state index in [0.717, 1.165) is 37.1 Å². The van der Waals surface area contributed by atoms with Gasteiger partial charge < -0.3 is 14.7 Å². The lowest BCUT2D eigenvalue weighted by Crippen LogP contribution is -2.37. The normalized spacial score (nSPS) is 19.8. The van der Waals surface area contributed by atoms with Crippen molar-refractivity contribution in [1.82, 2.24) is 4.90 Å². The summed E-state index contributed by atoms with van der Waals surface area (Å²) in [7, 11) is 1.93. The van der Waals surface area contributed by atoms with Crippen molar-refractivity contribution in [2.75, 3.05) is 13.7 Å². The lowest BCUT2D eigenvalue weighted by molar-refractivity contribution is -0.139. The Bertz CT molecular complexity index is 959. The Balaban J connectivity index is 1.87. The van der Waals surface area contributed by atoms with Crippen LogP contribution in [0.5, 0.6) is 5.75 Å². The number of hydrogen-bond acceptors (Lipinski definition) is 5. The molecular weight excluding hydrogens is 429 g/mol. The molecule has 2 aliphatic carbocycles. The van der Waals surface area contributed by atoms with E-state index in [9.17, 15) is 14.4 Å². The molecule has 8 heteroatoms. The molecule has 1 aliphatic heterocycles. The van der Waals surface area contributed by atoms with Crippen molar-refractivity contribution in [3.05, 3.63) is 50.3 Å². The maximum Gasteiger partial charge on any atom is 0.341 e. The minimum Gasteiger partial charge on any atom is -0.479 e. The number of rotatable bonds is 4. The van der Waals surface area contributed by atoms with Gasteiger partial charge in [-0.05, 0) is 43.4 Å². The van der Waals surface area contributed by atoms with Crippen LogP contribution in [-0.2, 0) is 14.4 Å². The van der Waals surface area contributed by atoms with Crippen LogP contribution < -0.4 is 4.74 Å². The number of Topliss-reactive ketones (excluding diaryl/α,β-unsaturated/α-hetero) is 2. The zero-order chi connectivity index (χ0) is 21.6. The largest absolute Gasteiger partial charge is 0.479 e. The molecular formula is C22H21Cl2NO5. The lowest BCUT2D eigenvalue weighted by atomic mass is 9.71. The predicted octanol–water partition coefficient (Wildman–Crippen LogP) is 4.50. The molecule has 0 fully saturated rings. The Morgan fingerprint density at radius 3 is 2.00 bits per heavy atom. The lowest BCUT2D eigenvalue weighted by Gasteiger charge is -2.42. The molecule has 30 heavy (non-hydrogen) atoms. The summed E-state index contributed by atoms with van der Waals surface area (Å²) < 4.78 is 5.21. The van der Waals surface area contributed by atoms with Crippen LogP contribution in [0.25, 0.3) is 0 Å². The van der Waals surface area contributed by atoms with Crippen LogP contribution in [0.15, 0.2) is 34.7 Å². The maximum atomic E-state index is 13.0. The summed E-state index contributed by atoms with van der Waals surface area (Å²) in [4.78, 5) is 38.8. The zero-order valence-corrected chi connectivity index (χ0v) is 18.0. The number of benzene rings is 1. The van der Waals surface area contributed by atoms with Gasteiger partial charge in [-0.15, -0.1) is 0 Å². The van der Waals surface area contributed by atoms with Gasteiger partial charge in [0.15, 0.2) is 23.9 Å². The number of halogens is 2. The van der Waals surface area contributed by atoms with Gasteiger partial charge in [0, 0.05) is 48.3 Å². The molecule has 3 aliphatic rings. The Morgan fingerprint density at radius 2 is 1.53 bits per heavy atom. The van der Waals surface area contributed by atoms with Gasteiger partial charge in [-0.3, -0.25) is 9.59 Å². The highest BCUT2D eigenvalue weighted by Gasteiger charge is 2.42. The number of ketones is 2. The molecule has 0 spiro atoms. The van der Waals surface area contributed by atoms with Crippen molar-refractivity contribution in [3.63, 3.8) is 0 Å². The average molecular weight is 450 g/mol. The fourth-order valence-electron chi connectivity index (χ4n) is 4.70. The van der Waals surface area contributed by atoms with Crippen molar-refractivity contribution >= 4 is 40.7 Å². The second kappa shape index (κ2) is 8.08. The van der Waals surface area contributed by atoms with Crippen LogP contribution in [0.3, 0.4) is 0 Å². The molecule has 0 bridgehead atoms. The van der Waals surface area contributed by atoms with Crippen LogP contribution in [0.1, 0.15) is 50.0 Å². The van der Waals surface area contributed by atoms with Gasteiger partial charge in [0.2, 0.25) is 0 Å². The fraction of sp³-hybridized carbons (Fsp3) is 0.409. The third kappa shape index (κ3) is 3.52. The molecule has 1 aromatic rings. The number of carboxylic acid groups (broad SMARTS) is 1. The van der Waals surface area contributed by atoms with Gasteiger partial charge >= 0.3 is 5.97 Å². The number of nitrogens with zero attached hydrogens (tertiary/aromatic N) is 1. The zero-order valence-electron chi connectivity index (χ0n) is 16.5. The minimum absolute atomic E-state index is 0.0384. The van der Waals surface area contributed by atoms with E-state index in [-0.39, 0.29) is 27.4 Å². The molecule has 1 aromatic carbocycles. The average Bonchev–Trinajstić information content (AvgIpc) is 2.68. The maximum absolute atomic E-state index is 13.0. The van der Waals surface area contributed by atoms with Crippen LogP contribution >= 0.6 is 23.2 Å². The van der Waals surface area contributed by atoms with Crippen LogP contribution in [0, 0.1) is 0 Å². The highest BCUT2D eigenvalue weighted by Crippen LogP contribution is 2.50. The Kier molecular flexibility index (Phi) is 5.64. The van der Waals surface area contributed by atoms with Crippen LogP contribution in [0.4, 0.5) is 0 Å². The molecule has 0 amide bonds. The van der Waals surface area contributed by atoms with Gasteiger partial charge in [-0.25, -0.2) is 4.79 Å². The molecule has 158 valence electrons. The summed E-state index contributed by atoms with van der Waals surface area (Å²) in [6.07, 6.45) is 4.02. The molecule has 0 aromatic heterocycles. The summed E-state index contributed by atoms with van der Waals surface area (Å²) in [5.41, 5.74) is 3.85. The monoisotopic (exact) mass is 449 g/mol. The summed E-state index contributed by atoms with van der Waals surface area (Å²) in [5.74, 6) is -1.51. The topological polar surface area (TPSA) is 83.9 Å².